The van der Waals surface area contributed by atoms with E-state index in [1.165, 1.54) is 0 Å². The lowest BCUT2D eigenvalue weighted by Gasteiger charge is -2.54. The molecule has 0 aromatic carbocycles. The van der Waals surface area contributed by atoms with Crippen LogP contribution >= 0.6 is 0 Å². The van der Waals surface area contributed by atoms with Crippen molar-refractivity contribution in [2.75, 3.05) is 13.2 Å². The fourth-order valence-electron chi connectivity index (χ4n) is 4.44. The number of urea groups is 1. The van der Waals surface area contributed by atoms with E-state index in [0.29, 0.717) is 18.6 Å². The van der Waals surface area contributed by atoms with E-state index in [1.54, 1.807) is 0 Å². The highest BCUT2D eigenvalue weighted by molar-refractivity contribution is 5.74. The first-order chi connectivity index (χ1) is 12.0. The van der Waals surface area contributed by atoms with Gasteiger partial charge in [0.05, 0.1) is 11.8 Å². The van der Waals surface area contributed by atoms with Crippen molar-refractivity contribution in [1.29, 1.82) is 0 Å². The quantitative estimate of drug-likeness (QED) is 0.896. The predicted octanol–water partition coefficient (Wildman–Crippen LogP) is 2.30. The summed E-state index contributed by atoms with van der Waals surface area (Å²) in [7, 11) is 0. The van der Waals surface area contributed by atoms with Crippen molar-refractivity contribution >= 4 is 11.7 Å². The molecule has 0 bridgehead atoms. The van der Waals surface area contributed by atoms with Gasteiger partial charge in [0.15, 0.2) is 0 Å². The molecule has 2 amide bonds. The van der Waals surface area contributed by atoms with E-state index in [4.69, 9.17) is 4.74 Å². The van der Waals surface area contributed by atoms with E-state index in [0.717, 1.165) is 36.4 Å². The molecule has 1 aliphatic heterocycles. The van der Waals surface area contributed by atoms with Crippen LogP contribution in [-0.2, 0) is 11.2 Å². The summed E-state index contributed by atoms with van der Waals surface area (Å²) in [5.41, 5.74) is 3.13. The molecule has 0 radical (unpaired) electrons. The highest BCUT2D eigenvalue weighted by atomic mass is 16.5. The Kier molecular flexibility index (Phi) is 3.95. The summed E-state index contributed by atoms with van der Waals surface area (Å²) in [5.74, 6) is 0.460. The molecule has 2 aromatic rings. The van der Waals surface area contributed by atoms with Gasteiger partial charge in [-0.15, -0.1) is 0 Å². The first-order valence-corrected chi connectivity index (χ1v) is 9.06. The first-order valence-electron chi connectivity index (χ1n) is 9.06. The van der Waals surface area contributed by atoms with Gasteiger partial charge in [-0.05, 0) is 25.0 Å². The van der Waals surface area contributed by atoms with Crippen LogP contribution in [0.1, 0.15) is 31.5 Å². The molecule has 6 nitrogen and oxygen atoms in total. The molecule has 1 saturated heterocycles. The van der Waals surface area contributed by atoms with Crippen LogP contribution in [0.25, 0.3) is 5.65 Å². The van der Waals surface area contributed by atoms with Gasteiger partial charge in [0.2, 0.25) is 0 Å². The van der Waals surface area contributed by atoms with Gasteiger partial charge in [-0.2, -0.15) is 0 Å². The molecule has 2 N–H and O–H groups in total. The number of imidazole rings is 1. The van der Waals surface area contributed by atoms with Crippen molar-refractivity contribution in [3.05, 3.63) is 35.8 Å². The number of carbonyl (C=O) groups excluding carboxylic acids is 1. The molecule has 6 heteroatoms. The van der Waals surface area contributed by atoms with Crippen LogP contribution in [0.4, 0.5) is 4.79 Å². The summed E-state index contributed by atoms with van der Waals surface area (Å²) < 4.78 is 7.80. The van der Waals surface area contributed by atoms with Crippen LogP contribution < -0.4 is 10.6 Å². The Morgan fingerprint density at radius 1 is 1.48 bits per heavy atom. The fraction of sp³-hybridized carbons (Fsp3) is 0.579. The van der Waals surface area contributed by atoms with E-state index in [2.05, 4.69) is 42.5 Å². The normalized spacial score (nSPS) is 26.9. The maximum Gasteiger partial charge on any atom is 0.315 e. The number of aryl methyl sites for hydroxylation is 1. The van der Waals surface area contributed by atoms with Gasteiger partial charge in [0.1, 0.15) is 5.65 Å². The van der Waals surface area contributed by atoms with Crippen molar-refractivity contribution in [3.63, 3.8) is 0 Å². The third-order valence-electron chi connectivity index (χ3n) is 5.78. The Hall–Kier alpha value is -2.08. The molecule has 1 aliphatic carbocycles. The minimum absolute atomic E-state index is 0.0115. The first kappa shape index (κ1) is 16.4. The van der Waals surface area contributed by atoms with Crippen molar-refractivity contribution < 1.29 is 9.53 Å². The minimum atomic E-state index is -0.0941. The van der Waals surface area contributed by atoms with Crippen LogP contribution in [0.15, 0.2) is 24.5 Å². The van der Waals surface area contributed by atoms with Crippen molar-refractivity contribution in [3.8, 4) is 0 Å². The zero-order chi connectivity index (χ0) is 17.6. The number of hydrogen-bond donors (Lipinski definition) is 2. The molecular weight excluding hydrogens is 316 g/mol. The number of ether oxygens (including phenoxy) is 1. The lowest BCUT2D eigenvalue weighted by Crippen LogP contribution is -2.67. The third kappa shape index (κ3) is 2.78. The molecule has 134 valence electrons. The van der Waals surface area contributed by atoms with Gasteiger partial charge in [0, 0.05) is 49.3 Å². The summed E-state index contributed by atoms with van der Waals surface area (Å²) in [4.78, 5) is 16.9. The second kappa shape index (κ2) is 6.02. The Bertz CT molecular complexity index is 798. The molecule has 0 spiro atoms. The third-order valence-corrected chi connectivity index (χ3v) is 5.78. The van der Waals surface area contributed by atoms with Crippen molar-refractivity contribution in [1.82, 2.24) is 20.0 Å². The summed E-state index contributed by atoms with van der Waals surface area (Å²) in [6.07, 6.45) is 6.08. The molecule has 1 saturated carbocycles. The number of nitrogens with one attached hydrogen (secondary N) is 2. The van der Waals surface area contributed by atoms with Gasteiger partial charge < -0.3 is 19.8 Å². The van der Waals surface area contributed by atoms with Gasteiger partial charge >= 0.3 is 6.03 Å². The molecule has 4 rings (SSSR count). The molecule has 25 heavy (non-hydrogen) atoms. The predicted molar refractivity (Wildman–Crippen MR) is 95.6 cm³/mol. The average Bonchev–Trinajstić information content (AvgIpc) is 3.18. The van der Waals surface area contributed by atoms with Crippen molar-refractivity contribution in [2.24, 2.45) is 11.3 Å². The van der Waals surface area contributed by atoms with E-state index >= 15 is 0 Å². The van der Waals surface area contributed by atoms with E-state index in [-0.39, 0.29) is 17.5 Å². The van der Waals surface area contributed by atoms with Crippen LogP contribution in [0.3, 0.4) is 0 Å². The Labute approximate surface area is 148 Å². The number of nitrogens with zero attached hydrogens (tertiary/aromatic N) is 2. The number of pyridine rings is 1. The molecule has 3 atom stereocenters. The standard InChI is InChI=1S/C19H26N4O2/c1-12-5-4-9-23-11-13(21-17(12)23)6-8-20-18(24)22-15-14-7-10-25-16(14)19(15,2)3/h4-5,9,11,14-16H,6-8,10H2,1-3H3,(H2,20,22,24)/t14-,15+,16+/m0/s1. The lowest BCUT2D eigenvalue weighted by atomic mass is 9.57. The van der Waals surface area contributed by atoms with Crippen molar-refractivity contribution in [2.45, 2.75) is 45.8 Å². The SMILES string of the molecule is Cc1cccn2cc(CCNC(=O)N[C@@H]3[C@@H]4CCO[C@H]4C3(C)C)nc12. The maximum absolute atomic E-state index is 12.3. The molecular formula is C19H26N4O2. The molecule has 2 fully saturated rings. The topological polar surface area (TPSA) is 67.7 Å². The number of carbonyl (C=O) groups is 1. The zero-order valence-corrected chi connectivity index (χ0v) is 15.1. The average molecular weight is 342 g/mol. The summed E-state index contributed by atoms with van der Waals surface area (Å²) in [6, 6.07) is 4.17. The van der Waals surface area contributed by atoms with Gasteiger partial charge in [-0.1, -0.05) is 19.9 Å². The Morgan fingerprint density at radius 3 is 3.12 bits per heavy atom. The van der Waals surface area contributed by atoms with Crippen LogP contribution in [-0.4, -0.2) is 40.7 Å². The highest BCUT2D eigenvalue weighted by Gasteiger charge is 2.59. The highest BCUT2D eigenvalue weighted by Crippen LogP contribution is 2.51. The minimum Gasteiger partial charge on any atom is -0.377 e. The maximum atomic E-state index is 12.3. The Morgan fingerprint density at radius 2 is 2.32 bits per heavy atom. The zero-order valence-electron chi connectivity index (χ0n) is 15.1. The lowest BCUT2D eigenvalue weighted by molar-refractivity contribution is -0.108. The van der Waals surface area contributed by atoms with Gasteiger partial charge in [-0.25, -0.2) is 9.78 Å². The van der Waals surface area contributed by atoms with Crippen LogP contribution in [0.5, 0.6) is 0 Å². The van der Waals surface area contributed by atoms with Crippen LogP contribution in [0.2, 0.25) is 0 Å². The summed E-state index contributed by atoms with van der Waals surface area (Å²) in [5, 5.41) is 6.11. The number of fused-ring (bicyclic) bond motifs is 2. The smallest absolute Gasteiger partial charge is 0.315 e. The number of aromatic nitrogens is 2. The van der Waals surface area contributed by atoms with Gasteiger partial charge in [0.25, 0.3) is 0 Å². The largest absolute Gasteiger partial charge is 0.377 e. The fourth-order valence-corrected chi connectivity index (χ4v) is 4.44. The van der Waals surface area contributed by atoms with Gasteiger partial charge in [-0.3, -0.25) is 0 Å². The number of rotatable bonds is 4. The molecule has 3 heterocycles. The molecule has 2 aromatic heterocycles. The Balaban J connectivity index is 1.29. The molecule has 0 unspecified atom stereocenters. The second-order valence-electron chi connectivity index (χ2n) is 7.85. The number of amides is 2. The van der Waals surface area contributed by atoms with Crippen LogP contribution in [0, 0.1) is 18.3 Å². The number of hydrogen-bond acceptors (Lipinski definition) is 3. The van der Waals surface area contributed by atoms with E-state index < -0.39 is 0 Å². The molecule has 2 aliphatic rings. The second-order valence-corrected chi connectivity index (χ2v) is 7.85. The van der Waals surface area contributed by atoms with E-state index in [9.17, 15) is 4.79 Å². The summed E-state index contributed by atoms with van der Waals surface area (Å²) >= 11 is 0. The van der Waals surface area contributed by atoms with E-state index in [1.807, 2.05) is 22.9 Å². The summed E-state index contributed by atoms with van der Waals surface area (Å²) in [6.45, 7) is 7.78. The monoisotopic (exact) mass is 342 g/mol.